The predicted octanol–water partition coefficient (Wildman–Crippen LogP) is 3.85. The maximum atomic E-state index is 12.3. The zero-order valence-electron chi connectivity index (χ0n) is 16.7. The highest BCUT2D eigenvalue weighted by molar-refractivity contribution is 5.96. The topological polar surface area (TPSA) is 67.6 Å². The first kappa shape index (κ1) is 20.4. The molecule has 0 spiro atoms. The molecule has 0 fully saturated rings. The molecule has 5 nitrogen and oxygen atoms in total. The number of hydrogen-bond donors (Lipinski definition) is 2. The van der Waals surface area contributed by atoms with E-state index in [9.17, 15) is 4.79 Å². The molecular formula is C24H27N3O2. The van der Waals surface area contributed by atoms with Crippen LogP contribution in [0.1, 0.15) is 21.5 Å². The standard InChI is InChI=1S/C24H27N3O2/c1-29-15-14-26-24(28)21-12-13-23(22(25)16-21)27(17-19-8-4-2-5-9-19)18-20-10-6-3-7-11-20/h2-13,16H,14-15,17-18,25H2,1H3,(H,26,28). The highest BCUT2D eigenvalue weighted by Gasteiger charge is 2.14. The third-order valence-corrected chi connectivity index (χ3v) is 4.65. The predicted molar refractivity (Wildman–Crippen MR) is 118 cm³/mol. The van der Waals surface area contributed by atoms with Crippen LogP contribution < -0.4 is 16.0 Å². The SMILES string of the molecule is COCCNC(=O)c1ccc(N(Cc2ccccc2)Cc2ccccc2)c(N)c1. The van der Waals surface area contributed by atoms with Gasteiger partial charge in [0.15, 0.2) is 0 Å². The Kier molecular flexibility index (Phi) is 7.25. The van der Waals surface area contributed by atoms with Gasteiger partial charge in [-0.15, -0.1) is 0 Å². The van der Waals surface area contributed by atoms with Gasteiger partial charge in [0.25, 0.3) is 5.91 Å². The fourth-order valence-corrected chi connectivity index (χ4v) is 3.19. The number of rotatable bonds is 9. The molecule has 3 rings (SSSR count). The summed E-state index contributed by atoms with van der Waals surface area (Å²) in [6, 6.07) is 26.0. The fourth-order valence-electron chi connectivity index (χ4n) is 3.19. The van der Waals surface area contributed by atoms with Crippen LogP contribution in [0, 0.1) is 0 Å². The third kappa shape index (κ3) is 5.83. The van der Waals surface area contributed by atoms with E-state index >= 15 is 0 Å². The van der Waals surface area contributed by atoms with Gasteiger partial charge in [0.2, 0.25) is 0 Å². The van der Waals surface area contributed by atoms with Gasteiger partial charge in [-0.05, 0) is 29.3 Å². The lowest BCUT2D eigenvalue weighted by Gasteiger charge is -2.27. The van der Waals surface area contributed by atoms with E-state index in [1.54, 1.807) is 13.2 Å². The van der Waals surface area contributed by atoms with Gasteiger partial charge < -0.3 is 20.7 Å². The van der Waals surface area contributed by atoms with Crippen LogP contribution in [-0.2, 0) is 17.8 Å². The number of anilines is 2. The monoisotopic (exact) mass is 389 g/mol. The van der Waals surface area contributed by atoms with Gasteiger partial charge in [0.1, 0.15) is 0 Å². The molecule has 0 atom stereocenters. The van der Waals surface area contributed by atoms with Gasteiger partial charge in [0, 0.05) is 32.3 Å². The maximum Gasteiger partial charge on any atom is 0.251 e. The van der Waals surface area contributed by atoms with E-state index in [-0.39, 0.29) is 5.91 Å². The number of amides is 1. The average Bonchev–Trinajstić information content (AvgIpc) is 2.75. The first-order valence-electron chi connectivity index (χ1n) is 9.67. The number of methoxy groups -OCH3 is 1. The molecule has 3 N–H and O–H groups in total. The zero-order valence-corrected chi connectivity index (χ0v) is 16.7. The number of carbonyl (C=O) groups is 1. The molecular weight excluding hydrogens is 362 g/mol. The molecule has 0 saturated heterocycles. The molecule has 1 amide bonds. The van der Waals surface area contributed by atoms with E-state index in [1.165, 1.54) is 11.1 Å². The fraction of sp³-hybridized carbons (Fsp3) is 0.208. The summed E-state index contributed by atoms with van der Waals surface area (Å²) < 4.78 is 4.97. The summed E-state index contributed by atoms with van der Waals surface area (Å²) in [7, 11) is 1.60. The van der Waals surface area contributed by atoms with Crippen LogP contribution in [0.3, 0.4) is 0 Å². The van der Waals surface area contributed by atoms with Crippen LogP contribution in [0.25, 0.3) is 0 Å². The van der Waals surface area contributed by atoms with Crippen molar-refractivity contribution in [2.75, 3.05) is 30.9 Å². The molecule has 0 aromatic heterocycles. The number of ether oxygens (including phenoxy) is 1. The number of nitrogens with two attached hydrogens (primary N) is 1. The molecule has 0 unspecified atom stereocenters. The van der Waals surface area contributed by atoms with Crippen molar-refractivity contribution >= 4 is 17.3 Å². The highest BCUT2D eigenvalue weighted by Crippen LogP contribution is 2.28. The van der Waals surface area contributed by atoms with Gasteiger partial charge in [0.05, 0.1) is 18.0 Å². The number of nitrogens with zero attached hydrogens (tertiary/aromatic N) is 1. The Bertz CT molecular complexity index is 872. The van der Waals surface area contributed by atoms with E-state index in [1.807, 2.05) is 48.5 Å². The third-order valence-electron chi connectivity index (χ3n) is 4.65. The number of benzene rings is 3. The van der Waals surface area contributed by atoms with Crippen LogP contribution in [-0.4, -0.2) is 26.2 Å². The van der Waals surface area contributed by atoms with Crippen LogP contribution in [0.5, 0.6) is 0 Å². The summed E-state index contributed by atoms with van der Waals surface area (Å²) >= 11 is 0. The zero-order chi connectivity index (χ0) is 20.5. The number of carbonyl (C=O) groups excluding carboxylic acids is 1. The van der Waals surface area contributed by atoms with Crippen molar-refractivity contribution in [3.8, 4) is 0 Å². The van der Waals surface area contributed by atoms with E-state index in [0.29, 0.717) is 24.4 Å². The van der Waals surface area contributed by atoms with Crippen molar-refractivity contribution in [2.24, 2.45) is 0 Å². The van der Waals surface area contributed by atoms with Gasteiger partial charge in [-0.25, -0.2) is 0 Å². The minimum atomic E-state index is -0.155. The van der Waals surface area contributed by atoms with Crippen molar-refractivity contribution < 1.29 is 9.53 Å². The van der Waals surface area contributed by atoms with E-state index in [4.69, 9.17) is 10.5 Å². The Morgan fingerprint density at radius 2 is 1.52 bits per heavy atom. The molecule has 0 saturated carbocycles. The van der Waals surface area contributed by atoms with E-state index in [2.05, 4.69) is 34.5 Å². The van der Waals surface area contributed by atoms with Gasteiger partial charge >= 0.3 is 0 Å². The molecule has 150 valence electrons. The molecule has 0 aliphatic carbocycles. The minimum absolute atomic E-state index is 0.155. The largest absolute Gasteiger partial charge is 0.397 e. The number of nitrogens with one attached hydrogen (secondary N) is 1. The second kappa shape index (κ2) is 10.3. The Morgan fingerprint density at radius 1 is 0.931 bits per heavy atom. The Hall–Kier alpha value is -3.31. The smallest absolute Gasteiger partial charge is 0.251 e. The van der Waals surface area contributed by atoms with Gasteiger partial charge in [-0.3, -0.25) is 4.79 Å². The maximum absolute atomic E-state index is 12.3. The summed E-state index contributed by atoms with van der Waals surface area (Å²) in [5, 5.41) is 2.82. The summed E-state index contributed by atoms with van der Waals surface area (Å²) in [5.74, 6) is -0.155. The minimum Gasteiger partial charge on any atom is -0.397 e. The molecule has 0 heterocycles. The first-order chi connectivity index (χ1) is 14.2. The quantitative estimate of drug-likeness (QED) is 0.431. The van der Waals surface area contributed by atoms with Gasteiger partial charge in [-0.2, -0.15) is 0 Å². The highest BCUT2D eigenvalue weighted by atomic mass is 16.5. The molecule has 0 bridgehead atoms. The lowest BCUT2D eigenvalue weighted by Crippen LogP contribution is -2.27. The van der Waals surface area contributed by atoms with Crippen LogP contribution in [0.4, 0.5) is 11.4 Å². The Labute approximate surface area is 172 Å². The lowest BCUT2D eigenvalue weighted by atomic mass is 10.1. The molecule has 29 heavy (non-hydrogen) atoms. The summed E-state index contributed by atoms with van der Waals surface area (Å²) in [6.07, 6.45) is 0. The molecule has 3 aromatic rings. The summed E-state index contributed by atoms with van der Waals surface area (Å²) in [6.45, 7) is 2.38. The Balaban J connectivity index is 1.83. The molecule has 0 aliphatic heterocycles. The number of nitrogen functional groups attached to an aromatic ring is 1. The van der Waals surface area contributed by atoms with Crippen LogP contribution in [0.15, 0.2) is 78.9 Å². The lowest BCUT2D eigenvalue weighted by molar-refractivity contribution is 0.0937. The second-order valence-electron chi connectivity index (χ2n) is 6.85. The Morgan fingerprint density at radius 3 is 2.03 bits per heavy atom. The van der Waals surface area contributed by atoms with Gasteiger partial charge in [-0.1, -0.05) is 60.7 Å². The number of hydrogen-bond acceptors (Lipinski definition) is 4. The first-order valence-corrected chi connectivity index (χ1v) is 9.67. The normalized spacial score (nSPS) is 10.5. The molecule has 5 heteroatoms. The van der Waals surface area contributed by atoms with Crippen LogP contribution in [0.2, 0.25) is 0 Å². The second-order valence-corrected chi connectivity index (χ2v) is 6.85. The van der Waals surface area contributed by atoms with E-state index < -0.39 is 0 Å². The van der Waals surface area contributed by atoms with Crippen molar-refractivity contribution in [3.63, 3.8) is 0 Å². The summed E-state index contributed by atoms with van der Waals surface area (Å²) in [4.78, 5) is 14.5. The van der Waals surface area contributed by atoms with Crippen molar-refractivity contribution in [3.05, 3.63) is 95.6 Å². The van der Waals surface area contributed by atoms with Crippen molar-refractivity contribution in [2.45, 2.75) is 13.1 Å². The van der Waals surface area contributed by atoms with Crippen molar-refractivity contribution in [1.82, 2.24) is 5.32 Å². The molecule has 0 aliphatic rings. The molecule has 0 radical (unpaired) electrons. The van der Waals surface area contributed by atoms with Crippen LogP contribution >= 0.6 is 0 Å². The molecule has 3 aromatic carbocycles. The van der Waals surface area contributed by atoms with Crippen molar-refractivity contribution in [1.29, 1.82) is 0 Å². The van der Waals surface area contributed by atoms with E-state index in [0.717, 1.165) is 18.8 Å². The average molecular weight is 389 g/mol. The summed E-state index contributed by atoms with van der Waals surface area (Å²) in [5.41, 5.74) is 10.8.